The van der Waals surface area contributed by atoms with E-state index in [1.54, 1.807) is 23.0 Å². The summed E-state index contributed by atoms with van der Waals surface area (Å²) < 4.78 is 16.0. The van der Waals surface area contributed by atoms with E-state index in [2.05, 4.69) is 10.4 Å². The fourth-order valence-corrected chi connectivity index (χ4v) is 3.44. The molecule has 1 atom stereocenters. The molecular weight excluding hydrogens is 345 g/mol. The first kappa shape index (κ1) is 17.5. The Morgan fingerprint density at radius 1 is 1.30 bits per heavy atom. The topological polar surface area (TPSA) is 79.3 Å². The standard InChI is InChI=1S/C20H22FN5O/c1-12-3-6-18-17(7-12)24-19-15(10-23-25(19)2)11-26(18)20(27)13-4-5-14(9-22)16(21)8-13/h3-8,10,20,24,27H,9,11,22H2,1-2H3. The Morgan fingerprint density at radius 3 is 2.85 bits per heavy atom. The van der Waals surface area contributed by atoms with E-state index in [0.717, 1.165) is 28.3 Å². The molecule has 140 valence electrons. The van der Waals surface area contributed by atoms with Crippen LogP contribution in [-0.4, -0.2) is 14.9 Å². The predicted octanol–water partition coefficient (Wildman–Crippen LogP) is 3.08. The van der Waals surface area contributed by atoms with Crippen molar-refractivity contribution in [2.24, 2.45) is 12.8 Å². The molecule has 1 aliphatic rings. The fraction of sp³-hybridized carbons (Fsp3) is 0.250. The van der Waals surface area contributed by atoms with Crippen LogP contribution in [0, 0.1) is 12.7 Å². The summed E-state index contributed by atoms with van der Waals surface area (Å²) in [5.74, 6) is 0.467. The Hall–Kier alpha value is -2.90. The zero-order valence-corrected chi connectivity index (χ0v) is 15.3. The van der Waals surface area contributed by atoms with Crippen molar-refractivity contribution in [3.63, 3.8) is 0 Å². The zero-order chi connectivity index (χ0) is 19.1. The van der Waals surface area contributed by atoms with Gasteiger partial charge in [-0.05, 0) is 30.7 Å². The average Bonchev–Trinajstić information content (AvgIpc) is 2.90. The Kier molecular flexibility index (Phi) is 4.33. The Bertz CT molecular complexity index is 1000. The summed E-state index contributed by atoms with van der Waals surface area (Å²) in [7, 11) is 1.87. The number of aromatic nitrogens is 2. The van der Waals surface area contributed by atoms with Crippen LogP contribution < -0.4 is 16.0 Å². The SMILES string of the molecule is Cc1ccc2c(c1)Nc1c(cnn1C)CN2C(O)c1ccc(CN)c(F)c1. The minimum atomic E-state index is -1.01. The molecule has 2 heterocycles. The predicted molar refractivity (Wildman–Crippen MR) is 103 cm³/mol. The molecule has 0 amide bonds. The number of aliphatic hydroxyl groups is 1. The van der Waals surface area contributed by atoms with Crippen LogP contribution in [0.5, 0.6) is 0 Å². The summed E-state index contributed by atoms with van der Waals surface area (Å²) in [6.07, 6.45) is 0.763. The van der Waals surface area contributed by atoms with Crippen LogP contribution in [0.2, 0.25) is 0 Å². The Balaban J connectivity index is 1.80. The lowest BCUT2D eigenvalue weighted by Gasteiger charge is -2.30. The van der Waals surface area contributed by atoms with E-state index < -0.39 is 12.0 Å². The van der Waals surface area contributed by atoms with Crippen molar-refractivity contribution in [1.82, 2.24) is 9.78 Å². The minimum Gasteiger partial charge on any atom is -0.369 e. The van der Waals surface area contributed by atoms with E-state index in [1.807, 2.05) is 37.1 Å². The quantitative estimate of drug-likeness (QED) is 0.663. The third-order valence-electron chi connectivity index (χ3n) is 4.96. The van der Waals surface area contributed by atoms with E-state index in [4.69, 9.17) is 5.73 Å². The molecular formula is C20H22FN5O. The van der Waals surface area contributed by atoms with E-state index >= 15 is 0 Å². The molecule has 27 heavy (non-hydrogen) atoms. The maximum Gasteiger partial charge on any atom is 0.153 e. The maximum atomic E-state index is 14.2. The summed E-state index contributed by atoms with van der Waals surface area (Å²) in [5, 5.41) is 18.8. The number of hydrogen-bond acceptors (Lipinski definition) is 5. The van der Waals surface area contributed by atoms with Gasteiger partial charge in [0, 0.05) is 30.3 Å². The van der Waals surface area contributed by atoms with Gasteiger partial charge in [0.05, 0.1) is 24.1 Å². The number of nitrogens with two attached hydrogens (primary N) is 1. The largest absolute Gasteiger partial charge is 0.369 e. The molecule has 0 radical (unpaired) electrons. The van der Waals surface area contributed by atoms with Gasteiger partial charge in [-0.25, -0.2) is 4.39 Å². The van der Waals surface area contributed by atoms with Gasteiger partial charge in [-0.1, -0.05) is 18.2 Å². The second kappa shape index (κ2) is 6.68. The molecule has 2 aromatic carbocycles. The lowest BCUT2D eigenvalue weighted by molar-refractivity contribution is 0.169. The van der Waals surface area contributed by atoms with Crippen LogP contribution in [0.25, 0.3) is 0 Å². The van der Waals surface area contributed by atoms with Crippen molar-refractivity contribution in [1.29, 1.82) is 0 Å². The summed E-state index contributed by atoms with van der Waals surface area (Å²) in [5.41, 5.74) is 10.2. The first-order chi connectivity index (χ1) is 13.0. The van der Waals surface area contributed by atoms with Crippen LogP contribution in [0.15, 0.2) is 42.6 Å². The number of nitrogens with zero attached hydrogens (tertiary/aromatic N) is 3. The third kappa shape index (κ3) is 3.05. The number of nitrogens with one attached hydrogen (secondary N) is 1. The Morgan fingerprint density at radius 2 is 2.11 bits per heavy atom. The molecule has 0 aliphatic carbocycles. The van der Waals surface area contributed by atoms with Gasteiger partial charge in [0.25, 0.3) is 0 Å². The number of anilines is 3. The molecule has 6 nitrogen and oxygen atoms in total. The van der Waals surface area contributed by atoms with Gasteiger partial charge in [-0.3, -0.25) is 4.68 Å². The van der Waals surface area contributed by atoms with Gasteiger partial charge in [0.1, 0.15) is 11.6 Å². The van der Waals surface area contributed by atoms with Gasteiger partial charge < -0.3 is 21.1 Å². The van der Waals surface area contributed by atoms with E-state index in [1.165, 1.54) is 6.07 Å². The molecule has 3 aromatic rings. The fourth-order valence-electron chi connectivity index (χ4n) is 3.44. The smallest absolute Gasteiger partial charge is 0.153 e. The van der Waals surface area contributed by atoms with E-state index in [-0.39, 0.29) is 6.54 Å². The normalized spacial score (nSPS) is 14.2. The molecule has 0 spiro atoms. The van der Waals surface area contributed by atoms with Crippen molar-refractivity contribution in [3.8, 4) is 0 Å². The van der Waals surface area contributed by atoms with Crippen LogP contribution in [0.3, 0.4) is 0 Å². The number of hydrogen-bond donors (Lipinski definition) is 3. The molecule has 7 heteroatoms. The van der Waals surface area contributed by atoms with E-state index in [0.29, 0.717) is 17.7 Å². The molecule has 0 fully saturated rings. The first-order valence-electron chi connectivity index (χ1n) is 8.79. The average molecular weight is 367 g/mol. The molecule has 1 unspecified atom stereocenters. The summed E-state index contributed by atoms with van der Waals surface area (Å²) in [6.45, 7) is 2.57. The highest BCUT2D eigenvalue weighted by molar-refractivity contribution is 5.78. The molecule has 0 saturated carbocycles. The second-order valence-corrected chi connectivity index (χ2v) is 6.84. The summed E-state index contributed by atoms with van der Waals surface area (Å²) in [6, 6.07) is 10.7. The van der Waals surface area contributed by atoms with Gasteiger partial charge in [0.15, 0.2) is 6.23 Å². The van der Waals surface area contributed by atoms with Crippen molar-refractivity contribution in [2.75, 3.05) is 10.2 Å². The van der Waals surface area contributed by atoms with Crippen LogP contribution in [-0.2, 0) is 20.1 Å². The molecule has 1 aliphatic heterocycles. The van der Waals surface area contributed by atoms with E-state index in [9.17, 15) is 9.50 Å². The summed E-state index contributed by atoms with van der Waals surface area (Å²) in [4.78, 5) is 1.84. The van der Waals surface area contributed by atoms with Crippen LogP contribution in [0.4, 0.5) is 21.6 Å². The van der Waals surface area contributed by atoms with Crippen LogP contribution in [0.1, 0.15) is 28.5 Å². The Labute approximate surface area is 157 Å². The maximum absolute atomic E-state index is 14.2. The van der Waals surface area contributed by atoms with Crippen molar-refractivity contribution in [3.05, 3.63) is 70.7 Å². The minimum absolute atomic E-state index is 0.122. The highest BCUT2D eigenvalue weighted by atomic mass is 19.1. The summed E-state index contributed by atoms with van der Waals surface area (Å²) >= 11 is 0. The third-order valence-corrected chi connectivity index (χ3v) is 4.96. The molecule has 1 aromatic heterocycles. The molecule has 4 N–H and O–H groups in total. The van der Waals surface area contributed by atoms with Gasteiger partial charge in [0.2, 0.25) is 0 Å². The molecule has 0 saturated heterocycles. The van der Waals surface area contributed by atoms with Crippen molar-refractivity contribution in [2.45, 2.75) is 26.2 Å². The highest BCUT2D eigenvalue weighted by Crippen LogP contribution is 2.39. The zero-order valence-electron chi connectivity index (χ0n) is 15.3. The highest BCUT2D eigenvalue weighted by Gasteiger charge is 2.27. The number of aliphatic hydroxyl groups excluding tert-OH is 1. The molecule has 4 rings (SSSR count). The number of fused-ring (bicyclic) bond motifs is 2. The first-order valence-corrected chi connectivity index (χ1v) is 8.79. The van der Waals surface area contributed by atoms with Gasteiger partial charge >= 0.3 is 0 Å². The number of rotatable bonds is 3. The van der Waals surface area contributed by atoms with Crippen molar-refractivity contribution < 1.29 is 9.50 Å². The van der Waals surface area contributed by atoms with Gasteiger partial charge in [-0.2, -0.15) is 5.10 Å². The number of halogens is 1. The lowest BCUT2D eigenvalue weighted by Crippen LogP contribution is -2.27. The number of benzene rings is 2. The van der Waals surface area contributed by atoms with Crippen molar-refractivity contribution >= 4 is 17.2 Å². The lowest BCUT2D eigenvalue weighted by atomic mass is 10.1. The van der Waals surface area contributed by atoms with Gasteiger partial charge in [-0.15, -0.1) is 0 Å². The molecule has 0 bridgehead atoms. The monoisotopic (exact) mass is 367 g/mol. The van der Waals surface area contributed by atoms with Crippen LogP contribution >= 0.6 is 0 Å². The number of aryl methyl sites for hydroxylation is 2. The second-order valence-electron chi connectivity index (χ2n) is 6.84.